The first-order valence-corrected chi connectivity index (χ1v) is 12.3. The van der Waals surface area contributed by atoms with Gasteiger partial charge in [-0.05, 0) is 62.1 Å². The maximum Gasteiger partial charge on any atom is 0.266 e. The van der Waals surface area contributed by atoms with Gasteiger partial charge in [-0.25, -0.2) is 8.42 Å². The highest BCUT2D eigenvalue weighted by Gasteiger charge is 2.39. The zero-order valence-electron chi connectivity index (χ0n) is 18.0. The Hall–Kier alpha value is -2.49. The average Bonchev–Trinajstić information content (AvgIpc) is 3.37. The van der Waals surface area contributed by atoms with Crippen molar-refractivity contribution in [3.8, 4) is 5.75 Å². The molecule has 0 spiro atoms. The van der Waals surface area contributed by atoms with Crippen LogP contribution >= 0.6 is 11.3 Å². The largest absolute Gasteiger partial charge is 0.497 e. The van der Waals surface area contributed by atoms with E-state index in [-0.39, 0.29) is 4.90 Å². The number of nitrogens with zero attached hydrogens (tertiary/aromatic N) is 3. The Bertz CT molecular complexity index is 1320. The molecule has 1 aliphatic heterocycles. The van der Waals surface area contributed by atoms with Crippen molar-refractivity contribution in [1.29, 1.82) is 0 Å². The van der Waals surface area contributed by atoms with Crippen LogP contribution in [0.3, 0.4) is 0 Å². The highest BCUT2D eigenvalue weighted by molar-refractivity contribution is 7.89. The van der Waals surface area contributed by atoms with E-state index >= 15 is 0 Å². The maximum atomic E-state index is 13.2. The number of carbonyl (C=O) groups is 1. The van der Waals surface area contributed by atoms with Crippen molar-refractivity contribution in [3.05, 3.63) is 52.3 Å². The molecule has 4 rings (SSSR count). The third kappa shape index (κ3) is 3.81. The second kappa shape index (κ2) is 8.22. The molecule has 1 aromatic heterocycles. The van der Waals surface area contributed by atoms with Crippen LogP contribution in [0.15, 0.2) is 46.3 Å². The summed E-state index contributed by atoms with van der Waals surface area (Å²) in [7, 11) is -0.393. The molecule has 2 heterocycles. The monoisotopic (exact) mass is 459 g/mol. The van der Waals surface area contributed by atoms with E-state index in [4.69, 9.17) is 4.74 Å². The van der Waals surface area contributed by atoms with Crippen molar-refractivity contribution in [2.45, 2.75) is 37.6 Å². The van der Waals surface area contributed by atoms with Crippen LogP contribution in [0.4, 0.5) is 0 Å². The molecule has 0 radical (unpaired) electrons. The molecule has 0 aliphatic carbocycles. The molecule has 0 N–H and O–H groups in total. The van der Waals surface area contributed by atoms with E-state index in [1.54, 1.807) is 12.1 Å². The zero-order valence-corrected chi connectivity index (χ0v) is 19.6. The minimum absolute atomic E-state index is 0.145. The van der Waals surface area contributed by atoms with Gasteiger partial charge in [-0.1, -0.05) is 23.5 Å². The van der Waals surface area contributed by atoms with Crippen molar-refractivity contribution in [3.63, 3.8) is 0 Å². The number of sulfonamides is 1. The fraction of sp³-hybridized carbons (Fsp3) is 0.364. The Balaban J connectivity index is 1.70. The summed E-state index contributed by atoms with van der Waals surface area (Å²) >= 11 is 1.45. The van der Waals surface area contributed by atoms with Crippen molar-refractivity contribution in [2.75, 3.05) is 13.7 Å². The molecule has 3 aromatic rings. The number of fused-ring (bicyclic) bond motifs is 1. The molecule has 0 bridgehead atoms. The van der Waals surface area contributed by atoms with Crippen molar-refractivity contribution in [2.24, 2.45) is 12.0 Å². The summed E-state index contributed by atoms with van der Waals surface area (Å²) in [5.74, 6) is 0.151. The molecule has 1 fully saturated rings. The molecule has 2 aromatic carbocycles. The first-order valence-electron chi connectivity index (χ1n) is 10.0. The number of aromatic nitrogens is 1. The van der Waals surface area contributed by atoms with Gasteiger partial charge in [-0.15, -0.1) is 0 Å². The van der Waals surface area contributed by atoms with Gasteiger partial charge in [-0.3, -0.25) is 4.79 Å². The Morgan fingerprint density at radius 1 is 1.13 bits per heavy atom. The number of rotatable bonds is 4. The Morgan fingerprint density at radius 3 is 2.45 bits per heavy atom. The second-order valence-corrected chi connectivity index (χ2v) is 10.6. The first kappa shape index (κ1) is 21.7. The highest BCUT2D eigenvalue weighted by atomic mass is 32.2. The average molecular weight is 460 g/mol. The van der Waals surface area contributed by atoms with Gasteiger partial charge < -0.3 is 9.30 Å². The van der Waals surface area contributed by atoms with Gasteiger partial charge in [0, 0.05) is 13.6 Å². The number of benzene rings is 2. The third-order valence-corrected chi connectivity index (χ3v) is 8.90. The number of amides is 1. The van der Waals surface area contributed by atoms with Crippen LogP contribution in [0.5, 0.6) is 5.75 Å². The lowest BCUT2D eigenvalue weighted by atomic mass is 10.1. The van der Waals surface area contributed by atoms with Gasteiger partial charge in [0.2, 0.25) is 10.0 Å². The number of aryl methyl sites for hydroxylation is 3. The predicted octanol–water partition coefficient (Wildman–Crippen LogP) is 3.15. The minimum Gasteiger partial charge on any atom is -0.497 e. The van der Waals surface area contributed by atoms with Crippen LogP contribution < -0.4 is 9.54 Å². The first-order chi connectivity index (χ1) is 14.7. The summed E-state index contributed by atoms with van der Waals surface area (Å²) in [6.07, 6.45) is 1.09. The number of methoxy groups -OCH3 is 1. The molecule has 9 heteroatoms. The molecule has 31 heavy (non-hydrogen) atoms. The fourth-order valence-electron chi connectivity index (χ4n) is 4.00. The van der Waals surface area contributed by atoms with Gasteiger partial charge in [0.25, 0.3) is 5.91 Å². The fourth-order valence-corrected chi connectivity index (χ4v) is 6.82. The van der Waals surface area contributed by atoms with Gasteiger partial charge >= 0.3 is 0 Å². The van der Waals surface area contributed by atoms with Gasteiger partial charge in [-0.2, -0.15) is 9.30 Å². The lowest BCUT2D eigenvalue weighted by molar-refractivity contribution is -0.121. The molecule has 1 unspecified atom stereocenters. The lowest BCUT2D eigenvalue weighted by Crippen LogP contribution is -2.40. The van der Waals surface area contributed by atoms with Crippen LogP contribution in [0, 0.1) is 13.8 Å². The van der Waals surface area contributed by atoms with E-state index in [0.29, 0.717) is 29.9 Å². The molecular weight excluding hydrogens is 434 g/mol. The predicted molar refractivity (Wildman–Crippen MR) is 121 cm³/mol. The SMILES string of the molecule is COc1ccc(S(=O)(=O)N2CCCC2C(=O)N=c2sc3c(C)ccc(C)c3n2C)cc1. The number of hydrogen-bond donors (Lipinski definition) is 0. The normalized spacial score (nSPS) is 18.1. The molecule has 7 nitrogen and oxygen atoms in total. The van der Waals surface area contributed by atoms with Gasteiger partial charge in [0.15, 0.2) is 4.80 Å². The molecule has 1 saturated heterocycles. The topological polar surface area (TPSA) is 81.0 Å². The van der Waals surface area contributed by atoms with Crippen LogP contribution in [0.25, 0.3) is 10.2 Å². The van der Waals surface area contributed by atoms with E-state index in [2.05, 4.69) is 17.1 Å². The summed E-state index contributed by atoms with van der Waals surface area (Å²) in [6, 6.07) is 9.53. The van der Waals surface area contributed by atoms with Crippen LogP contribution in [-0.2, 0) is 21.9 Å². The smallest absolute Gasteiger partial charge is 0.266 e. The van der Waals surface area contributed by atoms with Crippen molar-refractivity contribution in [1.82, 2.24) is 8.87 Å². The Kier molecular flexibility index (Phi) is 5.76. The molecular formula is C22H25N3O4S2. The minimum atomic E-state index is -3.80. The summed E-state index contributed by atoms with van der Waals surface area (Å²) in [4.78, 5) is 18.2. The Morgan fingerprint density at radius 2 is 1.81 bits per heavy atom. The van der Waals surface area contributed by atoms with Crippen LogP contribution in [0.2, 0.25) is 0 Å². The van der Waals surface area contributed by atoms with Crippen LogP contribution in [-0.4, -0.2) is 42.9 Å². The number of ether oxygens (including phenoxy) is 1. The number of hydrogen-bond acceptors (Lipinski definition) is 5. The summed E-state index contributed by atoms with van der Waals surface area (Å²) in [5.41, 5.74) is 3.28. The van der Waals surface area contributed by atoms with E-state index < -0.39 is 22.0 Å². The number of carbonyl (C=O) groups excluding carboxylic acids is 1. The third-order valence-electron chi connectivity index (χ3n) is 5.71. The van der Waals surface area contributed by atoms with Gasteiger partial charge in [0.05, 0.1) is 22.2 Å². The summed E-state index contributed by atoms with van der Waals surface area (Å²) in [6.45, 7) is 4.36. The molecule has 1 amide bonds. The van der Waals surface area contributed by atoms with E-state index in [9.17, 15) is 13.2 Å². The molecule has 1 aliphatic rings. The van der Waals surface area contributed by atoms with Crippen LogP contribution in [0.1, 0.15) is 24.0 Å². The maximum absolute atomic E-state index is 13.2. The summed E-state index contributed by atoms with van der Waals surface area (Å²) in [5, 5.41) is 0. The second-order valence-electron chi connectivity index (χ2n) is 7.72. The molecule has 1 atom stereocenters. The standard InChI is InChI=1S/C22H25N3O4S2/c1-14-7-8-15(2)20-19(14)24(3)22(30-20)23-21(26)18-6-5-13-25(18)31(27,28)17-11-9-16(29-4)10-12-17/h7-12,18H,5-6,13H2,1-4H3. The zero-order chi connectivity index (χ0) is 22.3. The summed E-state index contributed by atoms with van der Waals surface area (Å²) < 4.78 is 35.8. The lowest BCUT2D eigenvalue weighted by Gasteiger charge is -2.21. The van der Waals surface area contributed by atoms with E-state index in [0.717, 1.165) is 21.3 Å². The molecule has 0 saturated carbocycles. The van der Waals surface area contributed by atoms with Gasteiger partial charge in [0.1, 0.15) is 11.8 Å². The van der Waals surface area contributed by atoms with Crippen molar-refractivity contribution < 1.29 is 17.9 Å². The number of thiazole rings is 1. The molecule has 164 valence electrons. The van der Waals surface area contributed by atoms with Crippen molar-refractivity contribution >= 4 is 37.5 Å². The Labute approximate surface area is 185 Å². The van der Waals surface area contributed by atoms with E-state index in [1.165, 1.54) is 34.9 Å². The quantitative estimate of drug-likeness (QED) is 0.600. The highest BCUT2D eigenvalue weighted by Crippen LogP contribution is 2.28. The van der Waals surface area contributed by atoms with E-state index in [1.807, 2.05) is 25.5 Å².